The Kier molecular flexibility index (Phi) is 4.45. The molecule has 20 heavy (non-hydrogen) atoms. The highest BCUT2D eigenvalue weighted by Crippen LogP contribution is 2.19. The minimum Gasteiger partial charge on any atom is -0.497 e. The van der Waals surface area contributed by atoms with E-state index in [2.05, 4.69) is 5.16 Å². The van der Waals surface area contributed by atoms with Crippen LogP contribution in [0.5, 0.6) is 5.75 Å². The van der Waals surface area contributed by atoms with Crippen LogP contribution in [-0.4, -0.2) is 41.5 Å². The van der Waals surface area contributed by atoms with Gasteiger partial charge >= 0.3 is 0 Å². The Morgan fingerprint density at radius 3 is 2.80 bits per heavy atom. The van der Waals surface area contributed by atoms with E-state index in [1.807, 2.05) is 24.3 Å². The fourth-order valence-corrected chi connectivity index (χ4v) is 2.46. The Morgan fingerprint density at radius 1 is 1.50 bits per heavy atom. The van der Waals surface area contributed by atoms with E-state index in [-0.39, 0.29) is 17.8 Å². The van der Waals surface area contributed by atoms with E-state index >= 15 is 0 Å². The van der Waals surface area contributed by atoms with Gasteiger partial charge in [-0.05, 0) is 30.5 Å². The summed E-state index contributed by atoms with van der Waals surface area (Å²) < 4.78 is 5.08. The van der Waals surface area contributed by atoms with Crippen LogP contribution in [0.15, 0.2) is 29.4 Å². The molecular weight excluding hydrogens is 258 g/mol. The van der Waals surface area contributed by atoms with Crippen molar-refractivity contribution in [1.82, 2.24) is 4.90 Å². The molecule has 1 amide bonds. The van der Waals surface area contributed by atoms with Crippen molar-refractivity contribution >= 4 is 11.7 Å². The van der Waals surface area contributed by atoms with E-state index in [0.29, 0.717) is 13.0 Å². The zero-order chi connectivity index (χ0) is 14.5. The summed E-state index contributed by atoms with van der Waals surface area (Å²) in [6.07, 6.45) is 1.92. The number of nitrogens with zero attached hydrogens (tertiary/aromatic N) is 2. The van der Waals surface area contributed by atoms with Crippen molar-refractivity contribution in [2.24, 2.45) is 10.9 Å². The predicted molar refractivity (Wildman–Crippen MR) is 74.8 cm³/mol. The minimum absolute atomic E-state index is 0.00994. The molecule has 108 valence electrons. The van der Waals surface area contributed by atoms with E-state index in [4.69, 9.17) is 15.7 Å². The van der Waals surface area contributed by atoms with Gasteiger partial charge in [0.05, 0.1) is 19.6 Å². The summed E-state index contributed by atoms with van der Waals surface area (Å²) in [5.41, 5.74) is 6.54. The van der Waals surface area contributed by atoms with Gasteiger partial charge in [-0.25, -0.2) is 0 Å². The van der Waals surface area contributed by atoms with Gasteiger partial charge in [-0.1, -0.05) is 17.3 Å². The summed E-state index contributed by atoms with van der Waals surface area (Å²) in [6, 6.07) is 7.10. The van der Waals surface area contributed by atoms with Crippen molar-refractivity contribution in [2.45, 2.75) is 25.3 Å². The van der Waals surface area contributed by atoms with Gasteiger partial charge in [0, 0.05) is 6.54 Å². The molecule has 1 aliphatic heterocycles. The number of likely N-dealkylation sites (tertiary alicyclic amines) is 1. The number of benzene rings is 1. The standard InChI is InChI=1S/C14H19N3O3/c1-20-11-6-4-10(5-7-11)9-13(18)17-8-2-3-12(17)14(15)16-19/h4-7,12,19H,2-3,8-9H2,1H3,(H2,15,16). The first-order valence-electron chi connectivity index (χ1n) is 6.55. The van der Waals surface area contributed by atoms with Crippen LogP contribution in [0.3, 0.4) is 0 Å². The number of amides is 1. The number of methoxy groups -OCH3 is 1. The highest BCUT2D eigenvalue weighted by atomic mass is 16.5. The topological polar surface area (TPSA) is 88.2 Å². The van der Waals surface area contributed by atoms with Crippen LogP contribution in [0.1, 0.15) is 18.4 Å². The van der Waals surface area contributed by atoms with Crippen molar-refractivity contribution in [1.29, 1.82) is 0 Å². The number of hydrogen-bond donors (Lipinski definition) is 2. The molecule has 3 N–H and O–H groups in total. The molecule has 0 radical (unpaired) electrons. The van der Waals surface area contributed by atoms with Crippen molar-refractivity contribution in [3.63, 3.8) is 0 Å². The second kappa shape index (κ2) is 6.27. The number of hydrogen-bond acceptors (Lipinski definition) is 4. The lowest BCUT2D eigenvalue weighted by Gasteiger charge is -2.23. The maximum atomic E-state index is 12.3. The average Bonchev–Trinajstić information content (AvgIpc) is 2.96. The lowest BCUT2D eigenvalue weighted by Crippen LogP contribution is -2.44. The summed E-state index contributed by atoms with van der Waals surface area (Å²) in [6.45, 7) is 0.649. The molecule has 0 bridgehead atoms. The van der Waals surface area contributed by atoms with Crippen LogP contribution in [0.4, 0.5) is 0 Å². The first kappa shape index (κ1) is 14.2. The second-order valence-electron chi connectivity index (χ2n) is 4.79. The molecule has 1 aliphatic rings. The Hall–Kier alpha value is -2.24. The molecule has 0 aliphatic carbocycles. The normalized spacial score (nSPS) is 19.1. The molecule has 1 unspecified atom stereocenters. The van der Waals surface area contributed by atoms with E-state index in [1.54, 1.807) is 12.0 Å². The average molecular weight is 277 g/mol. The van der Waals surface area contributed by atoms with E-state index < -0.39 is 0 Å². The number of carbonyl (C=O) groups is 1. The van der Waals surface area contributed by atoms with Gasteiger partial charge in [-0.2, -0.15) is 0 Å². The Balaban J connectivity index is 2.03. The molecule has 1 aromatic carbocycles. The Morgan fingerprint density at radius 2 is 2.20 bits per heavy atom. The third-order valence-electron chi connectivity index (χ3n) is 3.54. The molecule has 0 spiro atoms. The number of nitrogens with two attached hydrogens (primary N) is 1. The molecule has 6 nitrogen and oxygen atoms in total. The molecule has 6 heteroatoms. The molecule has 1 aromatic rings. The maximum Gasteiger partial charge on any atom is 0.227 e. The fraction of sp³-hybridized carbons (Fsp3) is 0.429. The van der Waals surface area contributed by atoms with Gasteiger partial charge in [-0.15, -0.1) is 0 Å². The first-order valence-corrected chi connectivity index (χ1v) is 6.55. The molecule has 1 heterocycles. The molecule has 1 atom stereocenters. The van der Waals surface area contributed by atoms with Gasteiger partial charge in [-0.3, -0.25) is 4.79 Å². The summed E-state index contributed by atoms with van der Waals surface area (Å²) in [4.78, 5) is 14.0. The summed E-state index contributed by atoms with van der Waals surface area (Å²) in [5, 5.41) is 11.8. The lowest BCUT2D eigenvalue weighted by molar-refractivity contribution is -0.130. The number of rotatable bonds is 4. The summed E-state index contributed by atoms with van der Waals surface area (Å²) in [5.74, 6) is 0.853. The zero-order valence-corrected chi connectivity index (χ0v) is 11.5. The molecule has 2 rings (SSSR count). The third-order valence-corrected chi connectivity index (χ3v) is 3.54. The zero-order valence-electron chi connectivity index (χ0n) is 11.5. The van der Waals surface area contributed by atoms with Gasteiger partial charge in [0.15, 0.2) is 5.84 Å². The van der Waals surface area contributed by atoms with E-state index in [9.17, 15) is 4.79 Å². The molecule has 1 fully saturated rings. The van der Waals surface area contributed by atoms with Crippen molar-refractivity contribution in [2.75, 3.05) is 13.7 Å². The Labute approximate surface area is 117 Å². The van der Waals surface area contributed by atoms with E-state index in [1.165, 1.54) is 0 Å². The molecule has 0 aromatic heterocycles. The van der Waals surface area contributed by atoms with Crippen LogP contribution >= 0.6 is 0 Å². The van der Waals surface area contributed by atoms with Crippen LogP contribution < -0.4 is 10.5 Å². The minimum atomic E-state index is -0.286. The Bertz CT molecular complexity index is 499. The van der Waals surface area contributed by atoms with Gasteiger partial charge in [0.2, 0.25) is 5.91 Å². The highest BCUT2D eigenvalue weighted by molar-refractivity contribution is 5.91. The highest BCUT2D eigenvalue weighted by Gasteiger charge is 2.31. The predicted octanol–water partition coefficient (Wildman–Crippen LogP) is 0.975. The molecule has 1 saturated heterocycles. The largest absolute Gasteiger partial charge is 0.497 e. The second-order valence-corrected chi connectivity index (χ2v) is 4.79. The molecule has 0 saturated carbocycles. The molecular formula is C14H19N3O3. The van der Waals surface area contributed by atoms with Gasteiger partial charge in [0.25, 0.3) is 0 Å². The van der Waals surface area contributed by atoms with Crippen LogP contribution in [0, 0.1) is 0 Å². The van der Waals surface area contributed by atoms with Crippen LogP contribution in [-0.2, 0) is 11.2 Å². The maximum absolute atomic E-state index is 12.3. The SMILES string of the molecule is COc1ccc(CC(=O)N2CCCC2C(N)=NO)cc1. The van der Waals surface area contributed by atoms with Crippen molar-refractivity contribution < 1.29 is 14.7 Å². The van der Waals surface area contributed by atoms with Gasteiger partial charge < -0.3 is 20.6 Å². The van der Waals surface area contributed by atoms with Crippen LogP contribution in [0.25, 0.3) is 0 Å². The monoisotopic (exact) mass is 277 g/mol. The first-order chi connectivity index (χ1) is 9.65. The summed E-state index contributed by atoms with van der Waals surface area (Å²) >= 11 is 0. The quantitative estimate of drug-likeness (QED) is 0.371. The fourth-order valence-electron chi connectivity index (χ4n) is 2.46. The smallest absolute Gasteiger partial charge is 0.227 e. The van der Waals surface area contributed by atoms with Crippen molar-refractivity contribution in [3.8, 4) is 5.75 Å². The number of ether oxygens (including phenoxy) is 1. The van der Waals surface area contributed by atoms with Gasteiger partial charge in [0.1, 0.15) is 5.75 Å². The lowest BCUT2D eigenvalue weighted by atomic mass is 10.1. The summed E-state index contributed by atoms with van der Waals surface area (Å²) in [7, 11) is 1.60. The number of oxime groups is 1. The number of amidine groups is 1. The number of carbonyl (C=O) groups excluding carboxylic acids is 1. The van der Waals surface area contributed by atoms with E-state index in [0.717, 1.165) is 24.2 Å². The van der Waals surface area contributed by atoms with Crippen molar-refractivity contribution in [3.05, 3.63) is 29.8 Å². The third kappa shape index (κ3) is 3.01. The van der Waals surface area contributed by atoms with Crippen LogP contribution in [0.2, 0.25) is 0 Å².